The van der Waals surface area contributed by atoms with E-state index in [0.717, 1.165) is 25.0 Å². The summed E-state index contributed by atoms with van der Waals surface area (Å²) in [5.41, 5.74) is 3.76. The van der Waals surface area contributed by atoms with Gasteiger partial charge in [0.05, 0.1) is 9.30 Å². The van der Waals surface area contributed by atoms with Crippen molar-refractivity contribution in [1.82, 2.24) is 10.3 Å². The SMILES string of the molecule is Brc1cc(CNCCc2cccc3cccnc23)cs1. The number of pyridine rings is 1. The molecule has 2 heterocycles. The molecule has 0 unspecified atom stereocenters. The standard InChI is InChI=1S/C16H15BrN2S/c17-15-9-12(11-20-15)10-18-8-6-14-4-1-3-13-5-2-7-19-16(13)14/h1-5,7,9,11,18H,6,8,10H2. The maximum absolute atomic E-state index is 4.49. The number of hydrogen-bond acceptors (Lipinski definition) is 3. The third-order valence-electron chi connectivity index (χ3n) is 3.24. The van der Waals surface area contributed by atoms with Crippen molar-refractivity contribution in [2.75, 3.05) is 6.54 Å². The molecule has 102 valence electrons. The van der Waals surface area contributed by atoms with E-state index in [0.29, 0.717) is 0 Å². The lowest BCUT2D eigenvalue weighted by molar-refractivity contribution is 0.689. The Kier molecular flexibility index (Phi) is 4.45. The zero-order valence-electron chi connectivity index (χ0n) is 11.0. The number of benzene rings is 1. The first-order valence-electron chi connectivity index (χ1n) is 6.59. The van der Waals surface area contributed by atoms with Crippen LogP contribution in [0.2, 0.25) is 0 Å². The lowest BCUT2D eigenvalue weighted by atomic mass is 10.1. The van der Waals surface area contributed by atoms with Crippen LogP contribution in [0.4, 0.5) is 0 Å². The summed E-state index contributed by atoms with van der Waals surface area (Å²) < 4.78 is 1.19. The van der Waals surface area contributed by atoms with Crippen LogP contribution in [0.15, 0.2) is 51.8 Å². The van der Waals surface area contributed by atoms with E-state index < -0.39 is 0 Å². The van der Waals surface area contributed by atoms with E-state index in [-0.39, 0.29) is 0 Å². The van der Waals surface area contributed by atoms with Gasteiger partial charge in [-0.3, -0.25) is 4.98 Å². The molecular formula is C16H15BrN2S. The number of halogens is 1. The Morgan fingerprint density at radius 3 is 2.95 bits per heavy atom. The van der Waals surface area contributed by atoms with Gasteiger partial charge in [0.25, 0.3) is 0 Å². The minimum absolute atomic E-state index is 0.917. The maximum atomic E-state index is 4.49. The average molecular weight is 347 g/mol. The van der Waals surface area contributed by atoms with Crippen LogP contribution >= 0.6 is 27.3 Å². The second kappa shape index (κ2) is 6.48. The maximum Gasteiger partial charge on any atom is 0.0734 e. The first kappa shape index (κ1) is 13.7. The highest BCUT2D eigenvalue weighted by atomic mass is 79.9. The molecule has 0 fully saturated rings. The van der Waals surface area contributed by atoms with Crippen molar-refractivity contribution >= 4 is 38.2 Å². The third kappa shape index (κ3) is 3.26. The number of hydrogen-bond donors (Lipinski definition) is 1. The molecule has 0 bridgehead atoms. The molecular weight excluding hydrogens is 332 g/mol. The van der Waals surface area contributed by atoms with Crippen LogP contribution in [0.1, 0.15) is 11.1 Å². The predicted octanol–water partition coefficient (Wildman–Crippen LogP) is 4.39. The van der Waals surface area contributed by atoms with Crippen LogP contribution in [0, 0.1) is 0 Å². The highest BCUT2D eigenvalue weighted by molar-refractivity contribution is 9.11. The summed E-state index contributed by atoms with van der Waals surface area (Å²) >= 11 is 5.21. The second-order valence-electron chi connectivity index (χ2n) is 4.68. The van der Waals surface area contributed by atoms with Gasteiger partial charge in [-0.1, -0.05) is 24.3 Å². The molecule has 0 radical (unpaired) electrons. The Balaban J connectivity index is 1.60. The van der Waals surface area contributed by atoms with Crippen molar-refractivity contribution in [3.63, 3.8) is 0 Å². The lowest BCUT2D eigenvalue weighted by Crippen LogP contribution is -2.16. The van der Waals surface area contributed by atoms with Crippen molar-refractivity contribution in [2.24, 2.45) is 0 Å². The van der Waals surface area contributed by atoms with E-state index in [1.54, 1.807) is 11.3 Å². The summed E-state index contributed by atoms with van der Waals surface area (Å²) in [5, 5.41) is 6.88. The summed E-state index contributed by atoms with van der Waals surface area (Å²) in [6.45, 7) is 1.88. The normalized spacial score (nSPS) is 11.1. The summed E-state index contributed by atoms with van der Waals surface area (Å²) in [7, 11) is 0. The van der Waals surface area contributed by atoms with Crippen molar-refractivity contribution < 1.29 is 0 Å². The molecule has 2 aromatic heterocycles. The monoisotopic (exact) mass is 346 g/mol. The van der Waals surface area contributed by atoms with Gasteiger partial charge in [0.2, 0.25) is 0 Å². The van der Waals surface area contributed by atoms with Crippen molar-refractivity contribution in [3.05, 3.63) is 62.9 Å². The number of nitrogens with zero attached hydrogens (tertiary/aromatic N) is 1. The largest absolute Gasteiger partial charge is 0.312 e. The van der Waals surface area contributed by atoms with Gasteiger partial charge >= 0.3 is 0 Å². The summed E-state index contributed by atoms with van der Waals surface area (Å²) in [5.74, 6) is 0. The van der Waals surface area contributed by atoms with Crippen LogP contribution in [0.5, 0.6) is 0 Å². The van der Waals surface area contributed by atoms with Crippen LogP contribution in [0.25, 0.3) is 10.9 Å². The van der Waals surface area contributed by atoms with Crippen molar-refractivity contribution in [2.45, 2.75) is 13.0 Å². The first-order chi connectivity index (χ1) is 9.83. The summed E-state index contributed by atoms with van der Waals surface area (Å²) in [6.07, 6.45) is 2.86. The van der Waals surface area contributed by atoms with Gasteiger partial charge in [-0.15, -0.1) is 11.3 Å². The Bertz CT molecular complexity index is 703. The quantitative estimate of drug-likeness (QED) is 0.693. The van der Waals surface area contributed by atoms with Gasteiger partial charge in [-0.05, 0) is 57.5 Å². The molecule has 1 aromatic carbocycles. The zero-order valence-corrected chi connectivity index (χ0v) is 13.4. The molecule has 0 aliphatic rings. The van der Waals surface area contributed by atoms with E-state index in [9.17, 15) is 0 Å². The summed E-state index contributed by atoms with van der Waals surface area (Å²) in [6, 6.07) is 12.6. The molecule has 3 aromatic rings. The van der Waals surface area contributed by atoms with Crippen LogP contribution in [0.3, 0.4) is 0 Å². The number of fused-ring (bicyclic) bond motifs is 1. The fourth-order valence-corrected chi connectivity index (χ4v) is 3.47. The zero-order chi connectivity index (χ0) is 13.8. The number of aromatic nitrogens is 1. The van der Waals surface area contributed by atoms with Gasteiger partial charge in [0.15, 0.2) is 0 Å². The lowest BCUT2D eigenvalue weighted by Gasteiger charge is -2.06. The van der Waals surface area contributed by atoms with E-state index in [2.05, 4.69) is 61.9 Å². The smallest absolute Gasteiger partial charge is 0.0734 e. The topological polar surface area (TPSA) is 24.9 Å². The molecule has 2 nitrogen and oxygen atoms in total. The van der Waals surface area contributed by atoms with E-state index in [4.69, 9.17) is 0 Å². The van der Waals surface area contributed by atoms with E-state index in [1.807, 2.05) is 12.3 Å². The molecule has 0 saturated heterocycles. The molecule has 20 heavy (non-hydrogen) atoms. The highest BCUT2D eigenvalue weighted by Crippen LogP contribution is 2.20. The van der Waals surface area contributed by atoms with Gasteiger partial charge in [-0.2, -0.15) is 0 Å². The van der Waals surface area contributed by atoms with Crippen LogP contribution in [-0.4, -0.2) is 11.5 Å². The molecule has 3 rings (SSSR count). The molecule has 1 N–H and O–H groups in total. The van der Waals surface area contributed by atoms with Crippen molar-refractivity contribution in [1.29, 1.82) is 0 Å². The van der Waals surface area contributed by atoms with Crippen molar-refractivity contribution in [3.8, 4) is 0 Å². The second-order valence-corrected chi connectivity index (χ2v) is 6.97. The molecule has 0 spiro atoms. The number of para-hydroxylation sites is 1. The highest BCUT2D eigenvalue weighted by Gasteiger charge is 2.02. The first-order valence-corrected chi connectivity index (χ1v) is 8.26. The minimum Gasteiger partial charge on any atom is -0.312 e. The molecule has 0 saturated carbocycles. The van der Waals surface area contributed by atoms with E-state index >= 15 is 0 Å². The Morgan fingerprint density at radius 2 is 2.10 bits per heavy atom. The average Bonchev–Trinajstić information content (AvgIpc) is 2.89. The molecule has 4 heteroatoms. The summed E-state index contributed by atoms with van der Waals surface area (Å²) in [4.78, 5) is 4.49. The Hall–Kier alpha value is -1.23. The van der Waals surface area contributed by atoms with Gasteiger partial charge < -0.3 is 5.32 Å². The Labute approximate surface area is 131 Å². The molecule has 0 atom stereocenters. The van der Waals surface area contributed by atoms with Gasteiger partial charge in [0, 0.05) is 18.1 Å². The van der Waals surface area contributed by atoms with Gasteiger partial charge in [0.1, 0.15) is 0 Å². The number of rotatable bonds is 5. The predicted molar refractivity (Wildman–Crippen MR) is 89.2 cm³/mol. The third-order valence-corrected chi connectivity index (χ3v) is 4.79. The number of nitrogens with one attached hydrogen (secondary N) is 1. The molecule has 0 aliphatic carbocycles. The Morgan fingerprint density at radius 1 is 1.20 bits per heavy atom. The number of thiophene rings is 1. The van der Waals surface area contributed by atoms with Crippen LogP contribution in [-0.2, 0) is 13.0 Å². The van der Waals surface area contributed by atoms with E-state index in [1.165, 1.54) is 20.3 Å². The van der Waals surface area contributed by atoms with Gasteiger partial charge in [-0.25, -0.2) is 0 Å². The minimum atomic E-state index is 0.917. The van der Waals surface area contributed by atoms with Crippen LogP contribution < -0.4 is 5.32 Å². The molecule has 0 aliphatic heterocycles. The molecule has 0 amide bonds. The fourth-order valence-electron chi connectivity index (χ4n) is 2.26. The fraction of sp³-hybridized carbons (Fsp3) is 0.188.